The highest BCUT2D eigenvalue weighted by Gasteiger charge is 2.14. The van der Waals surface area contributed by atoms with Gasteiger partial charge in [-0.2, -0.15) is 4.68 Å². The highest BCUT2D eigenvalue weighted by molar-refractivity contribution is 5.95. The van der Waals surface area contributed by atoms with Crippen molar-refractivity contribution >= 4 is 16.9 Å². The lowest BCUT2D eigenvalue weighted by Crippen LogP contribution is -2.24. The fourth-order valence-corrected chi connectivity index (χ4v) is 2.46. The van der Waals surface area contributed by atoms with Crippen LogP contribution in [0.2, 0.25) is 0 Å². The van der Waals surface area contributed by atoms with Gasteiger partial charge in [-0.1, -0.05) is 24.3 Å². The molecule has 0 bridgehead atoms. The Kier molecular flexibility index (Phi) is 3.70. The van der Waals surface area contributed by atoms with Crippen LogP contribution in [0.1, 0.15) is 16.4 Å². The number of carbonyl (C=O) groups is 1. The Labute approximate surface area is 141 Å². The van der Waals surface area contributed by atoms with E-state index in [2.05, 4.69) is 20.8 Å². The second kappa shape index (κ2) is 6.16. The van der Waals surface area contributed by atoms with Crippen molar-refractivity contribution in [3.05, 3.63) is 72.0 Å². The van der Waals surface area contributed by atoms with Crippen molar-refractivity contribution < 1.29 is 13.6 Å². The molecule has 2 heterocycles. The van der Waals surface area contributed by atoms with E-state index in [0.717, 1.165) is 5.39 Å². The molecule has 0 spiro atoms. The number of nitrogens with one attached hydrogen (secondary N) is 1. The van der Waals surface area contributed by atoms with Crippen LogP contribution in [0.15, 0.2) is 59.0 Å². The van der Waals surface area contributed by atoms with E-state index in [-0.39, 0.29) is 18.2 Å². The Morgan fingerprint density at radius 2 is 2.04 bits per heavy atom. The fraction of sp³-hybridized carbons (Fsp3) is 0.0588. The largest absolute Gasteiger partial charge is 0.451 e. The van der Waals surface area contributed by atoms with Crippen molar-refractivity contribution in [2.45, 2.75) is 6.54 Å². The van der Waals surface area contributed by atoms with Gasteiger partial charge in [-0.3, -0.25) is 4.79 Å². The number of hydrogen-bond acceptors (Lipinski definition) is 5. The first-order valence-corrected chi connectivity index (χ1v) is 7.51. The van der Waals surface area contributed by atoms with Crippen LogP contribution in [0.5, 0.6) is 0 Å². The number of benzene rings is 2. The molecule has 8 heteroatoms. The van der Waals surface area contributed by atoms with Gasteiger partial charge in [0.15, 0.2) is 11.6 Å². The molecular weight excluding hydrogens is 325 g/mol. The Hall–Kier alpha value is -3.55. The van der Waals surface area contributed by atoms with Gasteiger partial charge in [0.05, 0.1) is 12.2 Å². The number of halogens is 1. The van der Waals surface area contributed by atoms with E-state index in [4.69, 9.17) is 4.42 Å². The summed E-state index contributed by atoms with van der Waals surface area (Å²) in [7, 11) is 0. The van der Waals surface area contributed by atoms with Crippen LogP contribution in [-0.4, -0.2) is 26.1 Å². The van der Waals surface area contributed by atoms with Gasteiger partial charge in [0, 0.05) is 5.39 Å². The van der Waals surface area contributed by atoms with Crippen molar-refractivity contribution in [1.82, 2.24) is 25.5 Å². The maximum absolute atomic E-state index is 13.4. The van der Waals surface area contributed by atoms with Crippen molar-refractivity contribution in [3.63, 3.8) is 0 Å². The van der Waals surface area contributed by atoms with Crippen LogP contribution in [-0.2, 0) is 6.54 Å². The molecule has 0 radical (unpaired) electrons. The number of carbonyl (C=O) groups excluding carboxylic acids is 1. The van der Waals surface area contributed by atoms with E-state index in [1.807, 2.05) is 18.2 Å². The lowest BCUT2D eigenvalue weighted by Gasteiger charge is -2.05. The SMILES string of the molecule is O=C(NCc1nnnn1-c1cccc(F)c1)c1cc2ccccc2o1. The minimum absolute atomic E-state index is 0.0688. The van der Waals surface area contributed by atoms with Crippen molar-refractivity contribution in [3.8, 4) is 5.69 Å². The minimum Gasteiger partial charge on any atom is -0.451 e. The Morgan fingerprint density at radius 1 is 1.16 bits per heavy atom. The first-order valence-electron chi connectivity index (χ1n) is 7.51. The van der Waals surface area contributed by atoms with Crippen LogP contribution in [0, 0.1) is 5.82 Å². The van der Waals surface area contributed by atoms with E-state index in [0.29, 0.717) is 17.1 Å². The van der Waals surface area contributed by atoms with Gasteiger partial charge < -0.3 is 9.73 Å². The maximum Gasteiger partial charge on any atom is 0.287 e. The first-order chi connectivity index (χ1) is 12.2. The molecular formula is C17H12FN5O2. The van der Waals surface area contributed by atoms with Gasteiger partial charge in [0.25, 0.3) is 5.91 Å². The Bertz CT molecular complexity index is 1020. The van der Waals surface area contributed by atoms with Gasteiger partial charge in [0.1, 0.15) is 11.4 Å². The smallest absolute Gasteiger partial charge is 0.287 e. The number of para-hydroxylation sites is 1. The van der Waals surface area contributed by atoms with Crippen molar-refractivity contribution in [2.75, 3.05) is 0 Å². The highest BCUT2D eigenvalue weighted by Crippen LogP contribution is 2.18. The van der Waals surface area contributed by atoms with Gasteiger partial charge in [0.2, 0.25) is 0 Å². The first kappa shape index (κ1) is 15.0. The van der Waals surface area contributed by atoms with E-state index in [9.17, 15) is 9.18 Å². The summed E-state index contributed by atoms with van der Waals surface area (Å²) in [5.74, 6) is -0.212. The monoisotopic (exact) mass is 337 g/mol. The van der Waals surface area contributed by atoms with Crippen LogP contribution in [0.3, 0.4) is 0 Å². The lowest BCUT2D eigenvalue weighted by atomic mass is 10.2. The van der Waals surface area contributed by atoms with Crippen LogP contribution >= 0.6 is 0 Å². The number of tetrazole rings is 1. The van der Waals surface area contributed by atoms with Gasteiger partial charge in [-0.05, 0) is 40.8 Å². The number of nitrogens with zero attached hydrogens (tertiary/aromatic N) is 4. The minimum atomic E-state index is -0.398. The Balaban J connectivity index is 1.52. The third-order valence-electron chi connectivity index (χ3n) is 3.64. The molecule has 4 aromatic rings. The van der Waals surface area contributed by atoms with Crippen molar-refractivity contribution in [2.24, 2.45) is 0 Å². The molecule has 0 unspecified atom stereocenters. The highest BCUT2D eigenvalue weighted by atomic mass is 19.1. The summed E-state index contributed by atoms with van der Waals surface area (Å²) >= 11 is 0. The molecule has 0 fully saturated rings. The summed E-state index contributed by atoms with van der Waals surface area (Å²) in [6.45, 7) is 0.0688. The third-order valence-corrected chi connectivity index (χ3v) is 3.64. The molecule has 0 aliphatic carbocycles. The second-order valence-electron chi connectivity index (χ2n) is 5.32. The van der Waals surface area contributed by atoms with Gasteiger partial charge in [-0.25, -0.2) is 4.39 Å². The van der Waals surface area contributed by atoms with Crippen LogP contribution in [0.25, 0.3) is 16.7 Å². The molecule has 0 saturated heterocycles. The quantitative estimate of drug-likeness (QED) is 0.618. The number of rotatable bonds is 4. The average molecular weight is 337 g/mol. The lowest BCUT2D eigenvalue weighted by molar-refractivity contribution is 0.0924. The van der Waals surface area contributed by atoms with Crippen LogP contribution in [0.4, 0.5) is 4.39 Å². The molecule has 1 N–H and O–H groups in total. The van der Waals surface area contributed by atoms with E-state index < -0.39 is 5.82 Å². The number of hydrogen-bond donors (Lipinski definition) is 1. The topological polar surface area (TPSA) is 85.8 Å². The van der Waals surface area contributed by atoms with Crippen molar-refractivity contribution in [1.29, 1.82) is 0 Å². The average Bonchev–Trinajstić information content (AvgIpc) is 3.26. The van der Waals surface area contributed by atoms with Crippen LogP contribution < -0.4 is 5.32 Å². The molecule has 0 saturated carbocycles. The molecule has 0 aliphatic heterocycles. The second-order valence-corrected chi connectivity index (χ2v) is 5.32. The molecule has 0 atom stereocenters. The summed E-state index contributed by atoms with van der Waals surface area (Å²) in [5.41, 5.74) is 1.11. The summed E-state index contributed by atoms with van der Waals surface area (Å²) in [6, 6.07) is 14.9. The molecule has 1 amide bonds. The Morgan fingerprint density at radius 3 is 2.88 bits per heavy atom. The fourth-order valence-electron chi connectivity index (χ4n) is 2.46. The van der Waals surface area contributed by atoms with Gasteiger partial charge >= 0.3 is 0 Å². The summed E-state index contributed by atoms with van der Waals surface area (Å²) in [5, 5.41) is 14.8. The predicted octanol–water partition coefficient (Wildman–Crippen LogP) is 2.48. The van der Waals surface area contributed by atoms with Gasteiger partial charge in [-0.15, -0.1) is 5.10 Å². The molecule has 25 heavy (non-hydrogen) atoms. The molecule has 0 aliphatic rings. The number of furan rings is 1. The molecule has 124 valence electrons. The number of fused-ring (bicyclic) bond motifs is 1. The molecule has 7 nitrogen and oxygen atoms in total. The standard InChI is InChI=1S/C17H12FN5O2/c18-12-5-3-6-13(9-12)23-16(20-21-22-23)10-19-17(24)15-8-11-4-1-2-7-14(11)25-15/h1-9H,10H2,(H,19,24). The van der Waals surface area contributed by atoms with E-state index in [1.165, 1.54) is 16.8 Å². The summed E-state index contributed by atoms with van der Waals surface area (Å²) in [4.78, 5) is 12.3. The molecule has 4 rings (SSSR count). The zero-order valence-electron chi connectivity index (χ0n) is 12.9. The summed E-state index contributed by atoms with van der Waals surface area (Å²) in [6.07, 6.45) is 0. The number of amides is 1. The summed E-state index contributed by atoms with van der Waals surface area (Å²) < 4.78 is 20.2. The normalized spacial score (nSPS) is 10.9. The van der Waals surface area contributed by atoms with E-state index >= 15 is 0 Å². The number of aromatic nitrogens is 4. The third kappa shape index (κ3) is 2.97. The predicted molar refractivity (Wildman–Crippen MR) is 86.5 cm³/mol. The maximum atomic E-state index is 13.4. The zero-order chi connectivity index (χ0) is 17.2. The van der Waals surface area contributed by atoms with E-state index in [1.54, 1.807) is 24.3 Å². The molecule has 2 aromatic carbocycles. The molecule has 2 aromatic heterocycles. The zero-order valence-corrected chi connectivity index (χ0v) is 12.9.